The van der Waals surface area contributed by atoms with E-state index < -0.39 is 29.7 Å². The van der Waals surface area contributed by atoms with Crippen molar-refractivity contribution in [2.75, 3.05) is 23.9 Å². The van der Waals surface area contributed by atoms with Crippen molar-refractivity contribution in [3.63, 3.8) is 0 Å². The number of aliphatic hydroxyl groups excluding tert-OH is 1. The third-order valence-electron chi connectivity index (χ3n) is 6.40. The van der Waals surface area contributed by atoms with Gasteiger partial charge in [0.15, 0.2) is 11.4 Å². The lowest BCUT2D eigenvalue weighted by Gasteiger charge is -2.27. The standard InChI is InChI=1S/C26H32F2N6O5/c1-26(2,3)39-25(37)33(4)20-11-16(9-10-29-20)24-31-19(14-38-24)23(36)30-18-12-34(32-21(18)22(27)28)17-7-5-15(13-35)6-8-17/h9-12,14-15,17,22,35H,5-8,13H2,1-4H3,(H,30,36). The second-order valence-corrected chi connectivity index (χ2v) is 10.5. The SMILES string of the molecule is CN(C(=O)OC(C)(C)C)c1cc(-c2nc(C(=O)Nc3cn(C4CCC(CO)CC4)nc3C(F)F)co2)ccn1. The Morgan fingerprint density at radius 1 is 1.28 bits per heavy atom. The normalized spacial score (nSPS) is 17.7. The lowest BCUT2D eigenvalue weighted by atomic mass is 9.87. The highest BCUT2D eigenvalue weighted by Gasteiger charge is 2.27. The average Bonchev–Trinajstić information content (AvgIpc) is 3.55. The van der Waals surface area contributed by atoms with Gasteiger partial charge in [-0.25, -0.2) is 23.5 Å². The summed E-state index contributed by atoms with van der Waals surface area (Å²) in [6.45, 7) is 5.36. The van der Waals surface area contributed by atoms with Gasteiger partial charge < -0.3 is 19.6 Å². The predicted molar refractivity (Wildman–Crippen MR) is 138 cm³/mol. The quantitative estimate of drug-likeness (QED) is 0.412. The Morgan fingerprint density at radius 2 is 2.00 bits per heavy atom. The number of carbonyl (C=O) groups excluding carboxylic acids is 2. The summed E-state index contributed by atoms with van der Waals surface area (Å²) >= 11 is 0. The van der Waals surface area contributed by atoms with Gasteiger partial charge in [-0.2, -0.15) is 5.10 Å². The molecule has 2 N–H and O–H groups in total. The fraction of sp³-hybridized carbons (Fsp3) is 0.500. The summed E-state index contributed by atoms with van der Waals surface area (Å²) in [5.74, 6) is -0.184. The molecule has 0 radical (unpaired) electrons. The zero-order chi connectivity index (χ0) is 28.3. The number of carbonyl (C=O) groups is 2. The predicted octanol–water partition coefficient (Wildman–Crippen LogP) is 5.22. The van der Waals surface area contributed by atoms with Gasteiger partial charge in [0.25, 0.3) is 12.3 Å². The molecule has 3 heterocycles. The van der Waals surface area contributed by atoms with E-state index >= 15 is 0 Å². The van der Waals surface area contributed by atoms with Crippen LogP contribution in [0.1, 0.15) is 75.1 Å². The summed E-state index contributed by atoms with van der Waals surface area (Å²) in [4.78, 5) is 34.8. The Kier molecular flexibility index (Phi) is 8.28. The number of aliphatic hydroxyl groups is 1. The van der Waals surface area contributed by atoms with Crippen LogP contribution in [0.5, 0.6) is 0 Å². The maximum absolute atomic E-state index is 13.7. The van der Waals surface area contributed by atoms with E-state index in [1.54, 1.807) is 32.9 Å². The van der Waals surface area contributed by atoms with E-state index in [0.29, 0.717) is 18.4 Å². The molecule has 39 heavy (non-hydrogen) atoms. The summed E-state index contributed by atoms with van der Waals surface area (Å²) in [5, 5.41) is 15.9. The lowest BCUT2D eigenvalue weighted by molar-refractivity contribution is 0.0588. The first-order valence-electron chi connectivity index (χ1n) is 12.6. The summed E-state index contributed by atoms with van der Waals surface area (Å²) in [6.07, 6.45) is 3.44. The topological polar surface area (TPSA) is 136 Å². The van der Waals surface area contributed by atoms with Crippen molar-refractivity contribution >= 4 is 23.5 Å². The minimum absolute atomic E-state index is 0.0758. The van der Waals surface area contributed by atoms with Gasteiger partial charge in [0.2, 0.25) is 5.89 Å². The number of nitrogens with zero attached hydrogens (tertiary/aromatic N) is 5. The molecular formula is C26H32F2N6O5. The third kappa shape index (κ3) is 6.77. The van der Waals surface area contributed by atoms with E-state index in [1.165, 1.54) is 29.0 Å². The zero-order valence-electron chi connectivity index (χ0n) is 22.2. The molecule has 210 valence electrons. The molecule has 1 fully saturated rings. The largest absolute Gasteiger partial charge is 0.444 e. The molecule has 0 spiro atoms. The molecule has 3 aromatic rings. The van der Waals surface area contributed by atoms with Crippen LogP contribution < -0.4 is 10.2 Å². The third-order valence-corrected chi connectivity index (χ3v) is 6.40. The number of alkyl halides is 2. The molecular weight excluding hydrogens is 514 g/mol. The van der Waals surface area contributed by atoms with Crippen LogP contribution >= 0.6 is 0 Å². The average molecular weight is 547 g/mol. The van der Waals surface area contributed by atoms with Gasteiger partial charge in [0, 0.05) is 31.6 Å². The number of aromatic nitrogens is 4. The van der Waals surface area contributed by atoms with E-state index in [1.807, 2.05) is 0 Å². The molecule has 1 aliphatic rings. The molecule has 1 aliphatic carbocycles. The van der Waals surface area contributed by atoms with Crippen molar-refractivity contribution in [3.05, 3.63) is 42.2 Å². The van der Waals surface area contributed by atoms with Crippen LogP contribution in [0.2, 0.25) is 0 Å². The number of rotatable bonds is 7. The van der Waals surface area contributed by atoms with E-state index in [-0.39, 0.29) is 41.7 Å². The van der Waals surface area contributed by atoms with Gasteiger partial charge in [-0.15, -0.1) is 0 Å². The van der Waals surface area contributed by atoms with Crippen molar-refractivity contribution in [1.29, 1.82) is 0 Å². The second-order valence-electron chi connectivity index (χ2n) is 10.5. The van der Waals surface area contributed by atoms with Crippen molar-refractivity contribution in [1.82, 2.24) is 19.7 Å². The fourth-order valence-corrected chi connectivity index (χ4v) is 4.30. The number of halogens is 2. The highest BCUT2D eigenvalue weighted by Crippen LogP contribution is 2.34. The van der Waals surface area contributed by atoms with Gasteiger partial charge in [-0.05, 0) is 64.5 Å². The van der Waals surface area contributed by atoms with E-state index in [0.717, 1.165) is 19.1 Å². The van der Waals surface area contributed by atoms with Gasteiger partial charge in [0.05, 0.1) is 11.7 Å². The maximum Gasteiger partial charge on any atom is 0.415 e. The van der Waals surface area contributed by atoms with Gasteiger partial charge in [-0.3, -0.25) is 14.4 Å². The van der Waals surface area contributed by atoms with Gasteiger partial charge in [0.1, 0.15) is 17.7 Å². The number of anilines is 2. The van der Waals surface area contributed by atoms with Crippen LogP contribution in [0.4, 0.5) is 25.1 Å². The number of amides is 2. The Hall–Kier alpha value is -3.87. The van der Waals surface area contributed by atoms with E-state index in [4.69, 9.17) is 9.15 Å². The Bertz CT molecular complexity index is 1310. The molecule has 3 aromatic heterocycles. The highest BCUT2D eigenvalue weighted by atomic mass is 19.3. The summed E-state index contributed by atoms with van der Waals surface area (Å²) in [7, 11) is 1.51. The molecule has 13 heteroatoms. The van der Waals surface area contributed by atoms with Crippen LogP contribution in [0.25, 0.3) is 11.5 Å². The van der Waals surface area contributed by atoms with Crippen molar-refractivity contribution in [2.24, 2.45) is 5.92 Å². The molecule has 0 atom stereocenters. The van der Waals surface area contributed by atoms with Crippen molar-refractivity contribution < 1.29 is 32.6 Å². The molecule has 2 amide bonds. The van der Waals surface area contributed by atoms with Crippen LogP contribution in [0.3, 0.4) is 0 Å². The van der Waals surface area contributed by atoms with Crippen molar-refractivity contribution in [2.45, 2.75) is 64.5 Å². The van der Waals surface area contributed by atoms with Gasteiger partial charge in [-0.1, -0.05) is 0 Å². The molecule has 0 aliphatic heterocycles. The summed E-state index contributed by atoms with van der Waals surface area (Å²) in [5.41, 5.74) is -1.00. The number of oxazole rings is 1. The zero-order valence-corrected chi connectivity index (χ0v) is 22.2. The Labute approximate surface area is 224 Å². The second kappa shape index (κ2) is 11.5. The highest BCUT2D eigenvalue weighted by molar-refractivity contribution is 6.03. The van der Waals surface area contributed by atoms with Gasteiger partial charge >= 0.3 is 6.09 Å². The Morgan fingerprint density at radius 3 is 2.64 bits per heavy atom. The first-order chi connectivity index (χ1) is 18.4. The molecule has 11 nitrogen and oxygen atoms in total. The van der Waals surface area contributed by atoms with Crippen LogP contribution in [-0.2, 0) is 4.74 Å². The lowest BCUT2D eigenvalue weighted by Crippen LogP contribution is -2.34. The fourth-order valence-electron chi connectivity index (χ4n) is 4.30. The van der Waals surface area contributed by atoms with Crippen molar-refractivity contribution in [3.8, 4) is 11.5 Å². The van der Waals surface area contributed by atoms with E-state index in [9.17, 15) is 23.5 Å². The van der Waals surface area contributed by atoms with E-state index in [2.05, 4.69) is 20.4 Å². The number of nitrogens with one attached hydrogen (secondary N) is 1. The first kappa shape index (κ1) is 28.1. The van der Waals surface area contributed by atoms with Crippen LogP contribution in [0, 0.1) is 5.92 Å². The molecule has 0 aromatic carbocycles. The maximum atomic E-state index is 13.7. The molecule has 0 bridgehead atoms. The minimum Gasteiger partial charge on any atom is -0.444 e. The number of ether oxygens (including phenoxy) is 1. The number of hydrogen-bond donors (Lipinski definition) is 2. The molecule has 4 rings (SSSR count). The molecule has 0 unspecified atom stereocenters. The minimum atomic E-state index is -2.89. The molecule has 0 saturated heterocycles. The smallest absolute Gasteiger partial charge is 0.415 e. The van der Waals surface area contributed by atoms with Crippen LogP contribution in [-0.4, -0.2) is 56.1 Å². The Balaban J connectivity index is 1.48. The summed E-state index contributed by atoms with van der Waals surface area (Å²) < 4.78 is 39.7. The monoisotopic (exact) mass is 546 g/mol. The number of hydrogen-bond acceptors (Lipinski definition) is 8. The summed E-state index contributed by atoms with van der Waals surface area (Å²) in [6, 6.07) is 3.04. The van der Waals surface area contributed by atoms with Crippen LogP contribution in [0.15, 0.2) is 35.2 Å². The molecule has 1 saturated carbocycles. The number of pyridine rings is 1. The first-order valence-corrected chi connectivity index (χ1v) is 12.6.